The van der Waals surface area contributed by atoms with Crippen molar-refractivity contribution in [3.63, 3.8) is 0 Å². The standard InChI is InChI=1S/C19H24Cl2N2S/c1-13-8-9-15(17(21)16(13)20)22-18-23(14-6-2-3-7-14)19(12-24-18)10-4-5-11-19/h8-9,14H,2-7,10-12H2,1H3. The van der Waals surface area contributed by atoms with Crippen molar-refractivity contribution in [1.82, 2.24) is 4.90 Å². The third kappa shape index (κ3) is 2.87. The minimum atomic E-state index is 0.347. The van der Waals surface area contributed by atoms with Gasteiger partial charge in [0.05, 0.1) is 21.3 Å². The number of hydrogen-bond donors (Lipinski definition) is 0. The minimum Gasteiger partial charge on any atom is -0.342 e. The first-order valence-electron chi connectivity index (χ1n) is 9.06. The zero-order chi connectivity index (χ0) is 16.7. The third-order valence-electron chi connectivity index (χ3n) is 5.88. The van der Waals surface area contributed by atoms with E-state index >= 15 is 0 Å². The van der Waals surface area contributed by atoms with Gasteiger partial charge in [0.15, 0.2) is 5.17 Å². The maximum Gasteiger partial charge on any atom is 0.165 e. The van der Waals surface area contributed by atoms with E-state index in [0.717, 1.165) is 11.3 Å². The number of aliphatic imine (C=N–C) groups is 1. The summed E-state index contributed by atoms with van der Waals surface area (Å²) in [4.78, 5) is 7.69. The normalized spacial score (nSPS) is 25.5. The quantitative estimate of drug-likeness (QED) is 0.572. The van der Waals surface area contributed by atoms with E-state index in [2.05, 4.69) is 4.90 Å². The summed E-state index contributed by atoms with van der Waals surface area (Å²) in [5.74, 6) is 1.18. The molecule has 0 atom stereocenters. The van der Waals surface area contributed by atoms with E-state index in [1.54, 1.807) is 0 Å². The van der Waals surface area contributed by atoms with Crippen LogP contribution < -0.4 is 0 Å². The van der Waals surface area contributed by atoms with Gasteiger partial charge in [-0.1, -0.05) is 66.7 Å². The van der Waals surface area contributed by atoms with Gasteiger partial charge in [0.1, 0.15) is 0 Å². The summed E-state index contributed by atoms with van der Waals surface area (Å²) in [6.45, 7) is 1.98. The third-order valence-corrected chi connectivity index (χ3v) is 8.08. The molecular weight excluding hydrogens is 359 g/mol. The molecule has 1 aromatic carbocycles. The van der Waals surface area contributed by atoms with Crippen LogP contribution in [0.15, 0.2) is 17.1 Å². The van der Waals surface area contributed by atoms with Gasteiger partial charge >= 0.3 is 0 Å². The Bertz CT molecular complexity index is 662. The van der Waals surface area contributed by atoms with Crippen LogP contribution in [0.1, 0.15) is 56.9 Å². The Kier molecular flexibility index (Phi) is 4.79. The van der Waals surface area contributed by atoms with Gasteiger partial charge in [-0.3, -0.25) is 0 Å². The van der Waals surface area contributed by atoms with Gasteiger partial charge < -0.3 is 4.90 Å². The van der Waals surface area contributed by atoms with Gasteiger partial charge in [-0.05, 0) is 44.2 Å². The molecule has 1 aliphatic heterocycles. The van der Waals surface area contributed by atoms with Gasteiger partial charge in [-0.15, -0.1) is 0 Å². The highest BCUT2D eigenvalue weighted by molar-refractivity contribution is 8.14. The number of hydrogen-bond acceptors (Lipinski definition) is 2. The van der Waals surface area contributed by atoms with Gasteiger partial charge in [0.25, 0.3) is 0 Å². The Morgan fingerprint density at radius 3 is 2.50 bits per heavy atom. The summed E-state index contributed by atoms with van der Waals surface area (Å²) >= 11 is 14.7. The van der Waals surface area contributed by atoms with Crippen molar-refractivity contribution in [3.8, 4) is 0 Å². The zero-order valence-electron chi connectivity index (χ0n) is 14.2. The van der Waals surface area contributed by atoms with E-state index < -0.39 is 0 Å². The predicted octanol–water partition coefficient (Wildman–Crippen LogP) is 6.59. The van der Waals surface area contributed by atoms with E-state index in [9.17, 15) is 0 Å². The van der Waals surface area contributed by atoms with Crippen LogP contribution in [-0.4, -0.2) is 27.4 Å². The van der Waals surface area contributed by atoms with Crippen LogP contribution in [0.25, 0.3) is 0 Å². The predicted molar refractivity (Wildman–Crippen MR) is 106 cm³/mol. The highest BCUT2D eigenvalue weighted by atomic mass is 35.5. The van der Waals surface area contributed by atoms with Crippen LogP contribution in [0.4, 0.5) is 5.69 Å². The summed E-state index contributed by atoms with van der Waals surface area (Å²) in [6.07, 6.45) is 10.7. The second-order valence-corrected chi connectivity index (χ2v) is 9.15. The highest BCUT2D eigenvalue weighted by Gasteiger charge is 2.49. The fraction of sp³-hybridized carbons (Fsp3) is 0.632. The van der Waals surface area contributed by atoms with Crippen LogP contribution in [0.5, 0.6) is 0 Å². The molecule has 0 aromatic heterocycles. The second kappa shape index (κ2) is 6.74. The molecule has 1 aromatic rings. The van der Waals surface area contributed by atoms with E-state index in [1.807, 2.05) is 30.8 Å². The Morgan fingerprint density at radius 1 is 1.08 bits per heavy atom. The monoisotopic (exact) mass is 382 g/mol. The molecule has 0 radical (unpaired) electrons. The zero-order valence-corrected chi connectivity index (χ0v) is 16.5. The van der Waals surface area contributed by atoms with Gasteiger partial charge in [0.2, 0.25) is 0 Å². The first-order chi connectivity index (χ1) is 11.6. The molecule has 0 unspecified atom stereocenters. The Morgan fingerprint density at radius 2 is 1.79 bits per heavy atom. The van der Waals surface area contributed by atoms with Gasteiger partial charge in [-0.25, -0.2) is 4.99 Å². The SMILES string of the molecule is Cc1ccc(N=C2SCC3(CCCC3)N2C2CCCC2)c(Cl)c1Cl. The van der Waals surface area contributed by atoms with E-state index in [4.69, 9.17) is 28.2 Å². The topological polar surface area (TPSA) is 15.6 Å². The molecule has 130 valence electrons. The van der Waals surface area contributed by atoms with Gasteiger partial charge in [0, 0.05) is 11.8 Å². The molecule has 1 spiro atoms. The van der Waals surface area contributed by atoms with Crippen LogP contribution in [0.3, 0.4) is 0 Å². The lowest BCUT2D eigenvalue weighted by Gasteiger charge is -2.40. The maximum atomic E-state index is 6.47. The summed E-state index contributed by atoms with van der Waals surface area (Å²) in [6, 6.07) is 4.68. The molecule has 3 fully saturated rings. The van der Waals surface area contributed by atoms with Crippen molar-refractivity contribution in [2.45, 2.75) is 69.9 Å². The number of nitrogens with zero attached hydrogens (tertiary/aromatic N) is 2. The van der Waals surface area contributed by atoms with E-state index in [1.165, 1.54) is 62.3 Å². The highest BCUT2D eigenvalue weighted by Crippen LogP contribution is 2.49. The van der Waals surface area contributed by atoms with Crippen molar-refractivity contribution in [2.75, 3.05) is 5.75 Å². The van der Waals surface area contributed by atoms with E-state index in [-0.39, 0.29) is 0 Å². The van der Waals surface area contributed by atoms with Crippen molar-refractivity contribution in [2.24, 2.45) is 4.99 Å². The molecule has 0 bridgehead atoms. The number of halogens is 2. The van der Waals surface area contributed by atoms with Crippen LogP contribution in [-0.2, 0) is 0 Å². The summed E-state index contributed by atoms with van der Waals surface area (Å²) in [5.41, 5.74) is 2.16. The van der Waals surface area contributed by atoms with Crippen LogP contribution >= 0.6 is 35.0 Å². The first-order valence-corrected chi connectivity index (χ1v) is 10.8. The molecule has 3 aliphatic rings. The Balaban J connectivity index is 1.72. The largest absolute Gasteiger partial charge is 0.342 e. The average Bonchev–Trinajstić information content (AvgIpc) is 3.31. The van der Waals surface area contributed by atoms with E-state index in [0.29, 0.717) is 21.6 Å². The van der Waals surface area contributed by atoms with Crippen molar-refractivity contribution in [3.05, 3.63) is 27.7 Å². The van der Waals surface area contributed by atoms with Crippen molar-refractivity contribution in [1.29, 1.82) is 0 Å². The molecule has 24 heavy (non-hydrogen) atoms. The molecule has 1 saturated heterocycles. The molecule has 0 N–H and O–H groups in total. The lowest BCUT2D eigenvalue weighted by atomic mass is 9.95. The second-order valence-electron chi connectivity index (χ2n) is 7.45. The molecular formula is C19H24Cl2N2S. The number of rotatable bonds is 2. The number of amidine groups is 1. The lowest BCUT2D eigenvalue weighted by molar-refractivity contribution is 0.163. The Labute approximate surface area is 159 Å². The molecule has 2 nitrogen and oxygen atoms in total. The summed E-state index contributed by atoms with van der Waals surface area (Å²) in [7, 11) is 0. The summed E-state index contributed by atoms with van der Waals surface area (Å²) in [5, 5.41) is 2.39. The molecule has 2 aliphatic carbocycles. The Hall–Kier alpha value is -0.380. The minimum absolute atomic E-state index is 0.347. The molecule has 2 saturated carbocycles. The lowest BCUT2D eigenvalue weighted by Crippen LogP contribution is -2.50. The van der Waals surface area contributed by atoms with Crippen molar-refractivity contribution < 1.29 is 0 Å². The number of benzene rings is 1. The molecule has 0 amide bonds. The van der Waals surface area contributed by atoms with Gasteiger partial charge in [-0.2, -0.15) is 0 Å². The molecule has 4 rings (SSSR count). The summed E-state index contributed by atoms with van der Waals surface area (Å²) < 4.78 is 0. The number of aryl methyl sites for hydroxylation is 1. The first kappa shape index (κ1) is 17.1. The molecule has 5 heteroatoms. The fourth-order valence-electron chi connectivity index (χ4n) is 4.58. The maximum absolute atomic E-state index is 6.47. The fourth-order valence-corrected chi connectivity index (χ4v) is 6.46. The smallest absolute Gasteiger partial charge is 0.165 e. The van der Waals surface area contributed by atoms with Crippen LogP contribution in [0.2, 0.25) is 10.0 Å². The number of thioether (sulfide) groups is 1. The van der Waals surface area contributed by atoms with Crippen molar-refractivity contribution >= 4 is 45.8 Å². The molecule has 1 heterocycles. The van der Waals surface area contributed by atoms with Crippen LogP contribution in [0, 0.1) is 6.92 Å². The average molecular weight is 383 g/mol.